The first-order chi connectivity index (χ1) is 22.7. The van der Waals surface area contributed by atoms with Crippen LogP contribution in [0.5, 0.6) is 0 Å². The summed E-state index contributed by atoms with van der Waals surface area (Å²) in [5, 5.41) is 11.7. The van der Waals surface area contributed by atoms with Crippen LogP contribution in [0.4, 0.5) is 5.69 Å². The standard InChI is InChI=1S/C35H47N7O4S/c1-4-6-24-40(25-7-5-2)47(45,46)29-21-19-28(20-22-29)42(33(43)26-41-31-17-12-11-16-30(31)37-38-41)34(32-18-13-23-39(32)3)35(44)36-27-14-9-8-10-15-27/h11-13,16-23,27,34H,4-10,14-15,24-26H2,1-3H3,(H,36,44)/t34-/m0/s1. The van der Waals surface area contributed by atoms with Crippen molar-refractivity contribution in [3.05, 3.63) is 72.6 Å². The van der Waals surface area contributed by atoms with Gasteiger partial charge in [0.25, 0.3) is 0 Å². The van der Waals surface area contributed by atoms with E-state index in [9.17, 15) is 18.0 Å². The first-order valence-corrected chi connectivity index (χ1v) is 18.3. The Morgan fingerprint density at radius 3 is 2.26 bits per heavy atom. The Bertz CT molecular complexity index is 1730. The number of hydrogen-bond acceptors (Lipinski definition) is 6. The van der Waals surface area contributed by atoms with E-state index in [4.69, 9.17) is 0 Å². The molecule has 1 aliphatic rings. The van der Waals surface area contributed by atoms with E-state index in [1.165, 1.54) is 9.58 Å². The largest absolute Gasteiger partial charge is 0.352 e. The summed E-state index contributed by atoms with van der Waals surface area (Å²) in [6.45, 7) is 4.82. The Morgan fingerprint density at radius 2 is 1.62 bits per heavy atom. The maximum Gasteiger partial charge on any atom is 0.249 e. The number of hydrogen-bond donors (Lipinski definition) is 1. The predicted octanol–water partition coefficient (Wildman–Crippen LogP) is 5.58. The highest BCUT2D eigenvalue weighted by Crippen LogP contribution is 2.31. The molecule has 2 heterocycles. The predicted molar refractivity (Wildman–Crippen MR) is 183 cm³/mol. The van der Waals surface area contributed by atoms with Gasteiger partial charge in [-0.25, -0.2) is 13.1 Å². The van der Waals surface area contributed by atoms with Crippen LogP contribution in [0.2, 0.25) is 0 Å². The van der Waals surface area contributed by atoms with Crippen LogP contribution in [0.1, 0.15) is 83.4 Å². The third-order valence-electron chi connectivity index (χ3n) is 8.97. The molecule has 0 radical (unpaired) electrons. The van der Waals surface area contributed by atoms with Crippen LogP contribution in [-0.2, 0) is 33.2 Å². The van der Waals surface area contributed by atoms with Gasteiger partial charge in [-0.3, -0.25) is 14.5 Å². The van der Waals surface area contributed by atoms with Crippen LogP contribution in [0, 0.1) is 0 Å². The molecule has 2 amide bonds. The van der Waals surface area contributed by atoms with Gasteiger partial charge < -0.3 is 9.88 Å². The van der Waals surface area contributed by atoms with Crippen molar-refractivity contribution in [3.63, 3.8) is 0 Å². The summed E-state index contributed by atoms with van der Waals surface area (Å²) in [6, 6.07) is 16.5. The number of unbranched alkanes of at least 4 members (excludes halogenated alkanes) is 2. The average molecular weight is 662 g/mol. The number of fused-ring (bicyclic) bond motifs is 1. The summed E-state index contributed by atoms with van der Waals surface area (Å²) in [7, 11) is -1.91. The first kappa shape index (κ1) is 34.3. The Morgan fingerprint density at radius 1 is 0.936 bits per heavy atom. The van der Waals surface area contributed by atoms with Gasteiger partial charge in [-0.05, 0) is 74.2 Å². The van der Waals surface area contributed by atoms with Gasteiger partial charge in [-0.15, -0.1) is 5.10 Å². The highest BCUT2D eigenvalue weighted by Gasteiger charge is 2.36. The molecule has 1 atom stereocenters. The number of amides is 2. The van der Waals surface area contributed by atoms with Crippen LogP contribution in [0.15, 0.2) is 71.8 Å². The molecule has 0 bridgehead atoms. The minimum Gasteiger partial charge on any atom is -0.352 e. The molecule has 0 saturated heterocycles. The third-order valence-corrected chi connectivity index (χ3v) is 10.9. The molecular formula is C35H47N7O4S. The molecule has 0 unspecified atom stereocenters. The SMILES string of the molecule is CCCCN(CCCC)S(=O)(=O)c1ccc(N(C(=O)Cn2nnc3ccccc32)[C@H](C(=O)NC2CCCCC2)c2cccn2C)cc1. The number of carbonyl (C=O) groups excluding carboxylic acids is 2. The van der Waals surface area contributed by atoms with Crippen LogP contribution < -0.4 is 10.2 Å². The number of benzene rings is 2. The molecule has 12 heteroatoms. The zero-order chi connectivity index (χ0) is 33.4. The van der Waals surface area contributed by atoms with Crippen molar-refractivity contribution in [3.8, 4) is 0 Å². The normalized spacial score (nSPS) is 14.8. The second-order valence-electron chi connectivity index (χ2n) is 12.4. The van der Waals surface area contributed by atoms with Crippen molar-refractivity contribution in [2.24, 2.45) is 7.05 Å². The van der Waals surface area contributed by atoms with E-state index in [0.29, 0.717) is 35.5 Å². The Hall–Kier alpha value is -4.03. The number of para-hydroxylation sites is 1. The summed E-state index contributed by atoms with van der Waals surface area (Å²) < 4.78 is 32.4. The molecule has 2 aromatic heterocycles. The lowest BCUT2D eigenvalue weighted by Crippen LogP contribution is -2.48. The van der Waals surface area contributed by atoms with Gasteiger partial charge in [0.2, 0.25) is 21.8 Å². The second kappa shape index (κ2) is 15.7. The Kier molecular flexibility index (Phi) is 11.5. The van der Waals surface area contributed by atoms with Crippen molar-refractivity contribution in [1.29, 1.82) is 0 Å². The molecule has 1 fully saturated rings. The van der Waals surface area contributed by atoms with Gasteiger partial charge in [0, 0.05) is 38.1 Å². The summed E-state index contributed by atoms with van der Waals surface area (Å²) in [6.07, 6.45) is 10.2. The molecule has 11 nitrogen and oxygen atoms in total. The number of aromatic nitrogens is 4. The molecule has 0 spiro atoms. The zero-order valence-electron chi connectivity index (χ0n) is 27.7. The Balaban J connectivity index is 1.55. The van der Waals surface area contributed by atoms with Crippen LogP contribution in [0.25, 0.3) is 11.0 Å². The van der Waals surface area contributed by atoms with Gasteiger partial charge in [0.1, 0.15) is 12.1 Å². The number of aryl methyl sites for hydroxylation is 1. The molecule has 2 aromatic carbocycles. The van der Waals surface area contributed by atoms with E-state index in [2.05, 4.69) is 15.6 Å². The molecule has 1 N–H and O–H groups in total. The van der Waals surface area contributed by atoms with Crippen molar-refractivity contribution >= 4 is 38.6 Å². The lowest BCUT2D eigenvalue weighted by Gasteiger charge is -2.33. The van der Waals surface area contributed by atoms with Crippen molar-refractivity contribution in [2.75, 3.05) is 18.0 Å². The molecule has 1 saturated carbocycles. The molecule has 5 rings (SSSR count). The summed E-state index contributed by atoms with van der Waals surface area (Å²) in [5.74, 6) is -0.661. The summed E-state index contributed by atoms with van der Waals surface area (Å²) in [4.78, 5) is 30.3. The number of rotatable bonds is 15. The maximum atomic E-state index is 14.4. The van der Waals surface area contributed by atoms with Crippen LogP contribution in [0.3, 0.4) is 0 Å². The highest BCUT2D eigenvalue weighted by atomic mass is 32.2. The van der Waals surface area contributed by atoms with Gasteiger partial charge in [-0.1, -0.05) is 63.3 Å². The number of nitrogens with zero attached hydrogens (tertiary/aromatic N) is 6. The smallest absolute Gasteiger partial charge is 0.249 e. The fraction of sp³-hybridized carbons (Fsp3) is 0.486. The topological polar surface area (TPSA) is 122 Å². The second-order valence-corrected chi connectivity index (χ2v) is 14.3. The first-order valence-electron chi connectivity index (χ1n) is 16.9. The lowest BCUT2D eigenvalue weighted by molar-refractivity contribution is -0.127. The monoisotopic (exact) mass is 661 g/mol. The van der Waals surface area contributed by atoms with Crippen LogP contribution >= 0.6 is 0 Å². The minimum atomic E-state index is -3.76. The van der Waals surface area contributed by atoms with E-state index in [0.717, 1.165) is 57.8 Å². The number of sulfonamides is 1. The van der Waals surface area contributed by atoms with Gasteiger partial charge in [-0.2, -0.15) is 4.31 Å². The summed E-state index contributed by atoms with van der Waals surface area (Å²) >= 11 is 0. The minimum absolute atomic E-state index is 0.0278. The Labute approximate surface area is 278 Å². The lowest BCUT2D eigenvalue weighted by atomic mass is 9.95. The molecule has 0 aliphatic heterocycles. The molecule has 47 heavy (non-hydrogen) atoms. The fourth-order valence-electron chi connectivity index (χ4n) is 6.29. The van der Waals surface area contributed by atoms with Gasteiger partial charge in [0.15, 0.2) is 6.04 Å². The fourth-order valence-corrected chi connectivity index (χ4v) is 7.81. The number of anilines is 1. The summed E-state index contributed by atoms with van der Waals surface area (Å²) in [5.41, 5.74) is 2.41. The van der Waals surface area contributed by atoms with Gasteiger partial charge in [0.05, 0.1) is 16.1 Å². The van der Waals surface area contributed by atoms with E-state index in [1.807, 2.05) is 68.1 Å². The quantitative estimate of drug-likeness (QED) is 0.177. The average Bonchev–Trinajstić information content (AvgIpc) is 3.69. The van der Waals surface area contributed by atoms with E-state index in [-0.39, 0.29) is 29.3 Å². The third kappa shape index (κ3) is 7.93. The number of carbonyl (C=O) groups is 2. The van der Waals surface area contributed by atoms with Crippen molar-refractivity contribution in [1.82, 2.24) is 29.2 Å². The maximum absolute atomic E-state index is 14.4. The van der Waals surface area contributed by atoms with Gasteiger partial charge >= 0.3 is 0 Å². The zero-order valence-corrected chi connectivity index (χ0v) is 28.5. The molecule has 1 aliphatic carbocycles. The molecule has 4 aromatic rings. The van der Waals surface area contributed by atoms with E-state index < -0.39 is 16.1 Å². The molecule has 252 valence electrons. The number of nitrogens with one attached hydrogen (secondary N) is 1. The van der Waals surface area contributed by atoms with E-state index >= 15 is 0 Å². The highest BCUT2D eigenvalue weighted by molar-refractivity contribution is 7.89. The van der Waals surface area contributed by atoms with E-state index in [1.54, 1.807) is 28.6 Å². The van der Waals surface area contributed by atoms with Crippen molar-refractivity contribution < 1.29 is 18.0 Å². The van der Waals surface area contributed by atoms with Crippen LogP contribution in [-0.4, -0.2) is 63.2 Å². The molecular weight excluding hydrogens is 614 g/mol. The van der Waals surface area contributed by atoms with Crippen molar-refractivity contribution in [2.45, 2.75) is 95.2 Å².